The van der Waals surface area contributed by atoms with Gasteiger partial charge in [-0.2, -0.15) is 0 Å². The SMILES string of the molecule is CCC1(CNC(=NC)NCCNS(=O)(=O)c2ccccc2)CCCC1.I. The van der Waals surface area contributed by atoms with E-state index >= 15 is 0 Å². The summed E-state index contributed by atoms with van der Waals surface area (Å²) in [6.07, 6.45) is 6.33. The number of rotatable bonds is 8. The largest absolute Gasteiger partial charge is 0.356 e. The van der Waals surface area contributed by atoms with Crippen LogP contribution in [0.2, 0.25) is 0 Å². The van der Waals surface area contributed by atoms with E-state index in [-0.39, 0.29) is 28.9 Å². The van der Waals surface area contributed by atoms with Crippen molar-refractivity contribution in [3.63, 3.8) is 0 Å². The van der Waals surface area contributed by atoms with Crippen molar-refractivity contribution < 1.29 is 8.42 Å². The molecule has 0 amide bonds. The van der Waals surface area contributed by atoms with Gasteiger partial charge in [-0.05, 0) is 36.8 Å². The maximum atomic E-state index is 12.1. The Morgan fingerprint density at radius 1 is 1.12 bits per heavy atom. The van der Waals surface area contributed by atoms with Crippen LogP contribution < -0.4 is 15.4 Å². The van der Waals surface area contributed by atoms with Gasteiger partial charge in [-0.15, -0.1) is 24.0 Å². The van der Waals surface area contributed by atoms with Gasteiger partial charge in [0.15, 0.2) is 5.96 Å². The lowest BCUT2D eigenvalue weighted by molar-refractivity contribution is 0.283. The van der Waals surface area contributed by atoms with E-state index in [4.69, 9.17) is 0 Å². The molecular formula is C18H31IN4O2S. The first-order valence-electron chi connectivity index (χ1n) is 9.01. The number of aliphatic imine (C=N–C) groups is 1. The number of nitrogens with one attached hydrogen (secondary N) is 3. The summed E-state index contributed by atoms with van der Waals surface area (Å²) in [7, 11) is -1.72. The first-order chi connectivity index (χ1) is 12.0. The van der Waals surface area contributed by atoms with Gasteiger partial charge in [-0.25, -0.2) is 13.1 Å². The lowest BCUT2D eigenvalue weighted by atomic mass is 9.83. The molecular weight excluding hydrogens is 463 g/mol. The van der Waals surface area contributed by atoms with E-state index in [0.717, 1.165) is 12.5 Å². The van der Waals surface area contributed by atoms with Crippen LogP contribution in [-0.2, 0) is 10.0 Å². The van der Waals surface area contributed by atoms with E-state index in [1.165, 1.54) is 32.1 Å². The Bertz CT molecular complexity index is 659. The van der Waals surface area contributed by atoms with Crippen molar-refractivity contribution in [1.82, 2.24) is 15.4 Å². The molecule has 1 aromatic carbocycles. The van der Waals surface area contributed by atoms with E-state index < -0.39 is 10.0 Å². The average Bonchev–Trinajstić information content (AvgIpc) is 3.11. The maximum absolute atomic E-state index is 12.1. The molecule has 8 heteroatoms. The van der Waals surface area contributed by atoms with Crippen LogP contribution in [0.25, 0.3) is 0 Å². The molecule has 1 aromatic rings. The normalized spacial score (nSPS) is 16.8. The van der Waals surface area contributed by atoms with Crippen LogP contribution in [0.5, 0.6) is 0 Å². The molecule has 0 atom stereocenters. The minimum Gasteiger partial charge on any atom is -0.356 e. The zero-order valence-electron chi connectivity index (χ0n) is 15.6. The van der Waals surface area contributed by atoms with Crippen LogP contribution in [-0.4, -0.2) is 41.1 Å². The summed E-state index contributed by atoms with van der Waals surface area (Å²) in [5.41, 5.74) is 0.381. The van der Waals surface area contributed by atoms with Crippen molar-refractivity contribution >= 4 is 40.0 Å². The van der Waals surface area contributed by atoms with Gasteiger partial charge in [-0.3, -0.25) is 4.99 Å². The summed E-state index contributed by atoms with van der Waals surface area (Å²) in [5, 5.41) is 6.56. The third-order valence-corrected chi connectivity index (χ3v) is 6.51. The van der Waals surface area contributed by atoms with E-state index in [2.05, 4.69) is 27.3 Å². The number of hydrogen-bond acceptors (Lipinski definition) is 3. The van der Waals surface area contributed by atoms with Crippen molar-refractivity contribution in [2.75, 3.05) is 26.7 Å². The van der Waals surface area contributed by atoms with Gasteiger partial charge in [-0.1, -0.05) is 38.0 Å². The smallest absolute Gasteiger partial charge is 0.240 e. The highest BCUT2D eigenvalue weighted by molar-refractivity contribution is 14.0. The van der Waals surface area contributed by atoms with Crippen LogP contribution in [0.15, 0.2) is 40.2 Å². The molecule has 1 saturated carbocycles. The predicted octanol–water partition coefficient (Wildman–Crippen LogP) is 2.72. The van der Waals surface area contributed by atoms with Crippen LogP contribution >= 0.6 is 24.0 Å². The molecule has 0 bridgehead atoms. The Morgan fingerprint density at radius 3 is 2.35 bits per heavy atom. The Kier molecular flexibility index (Phi) is 9.88. The highest BCUT2D eigenvalue weighted by Crippen LogP contribution is 2.40. The molecule has 0 saturated heterocycles. The van der Waals surface area contributed by atoms with Crippen molar-refractivity contribution in [2.24, 2.45) is 10.4 Å². The summed E-state index contributed by atoms with van der Waals surface area (Å²) >= 11 is 0. The molecule has 0 heterocycles. The van der Waals surface area contributed by atoms with Crippen molar-refractivity contribution in [3.8, 4) is 0 Å². The van der Waals surface area contributed by atoms with Crippen LogP contribution in [0.1, 0.15) is 39.0 Å². The molecule has 3 N–H and O–H groups in total. The predicted molar refractivity (Wildman–Crippen MR) is 118 cm³/mol. The zero-order chi connectivity index (χ0) is 18.2. The fourth-order valence-corrected chi connectivity index (χ4v) is 4.37. The van der Waals surface area contributed by atoms with Crippen LogP contribution in [0.4, 0.5) is 0 Å². The third kappa shape index (κ3) is 6.70. The molecule has 1 aliphatic rings. The molecule has 0 spiro atoms. The second kappa shape index (κ2) is 11.1. The fraction of sp³-hybridized carbons (Fsp3) is 0.611. The van der Waals surface area contributed by atoms with Gasteiger partial charge in [0.05, 0.1) is 4.90 Å². The minimum absolute atomic E-state index is 0. The molecule has 148 valence electrons. The standard InChI is InChI=1S/C18H30N4O2S.HI/c1-3-18(11-7-8-12-18)15-21-17(19-2)20-13-14-22-25(23,24)16-9-5-4-6-10-16;/h4-6,9-10,22H,3,7-8,11-15H2,1-2H3,(H2,19,20,21);1H. The highest BCUT2D eigenvalue weighted by atomic mass is 127. The quantitative estimate of drug-likeness (QED) is 0.225. The first-order valence-corrected chi connectivity index (χ1v) is 10.5. The summed E-state index contributed by atoms with van der Waals surface area (Å²) in [6.45, 7) is 3.95. The number of sulfonamides is 1. The van der Waals surface area contributed by atoms with E-state index in [1.807, 2.05) is 0 Å². The molecule has 6 nitrogen and oxygen atoms in total. The van der Waals surface area contributed by atoms with Gasteiger partial charge in [0.2, 0.25) is 10.0 Å². The average molecular weight is 494 g/mol. The number of benzene rings is 1. The van der Waals surface area contributed by atoms with Crippen LogP contribution in [0.3, 0.4) is 0 Å². The summed E-state index contributed by atoms with van der Waals surface area (Å²) in [4.78, 5) is 4.50. The maximum Gasteiger partial charge on any atom is 0.240 e. The topological polar surface area (TPSA) is 82.6 Å². The van der Waals surface area contributed by atoms with Gasteiger partial charge in [0.25, 0.3) is 0 Å². The van der Waals surface area contributed by atoms with E-state index in [9.17, 15) is 8.42 Å². The number of halogens is 1. The second-order valence-corrected chi connectivity index (χ2v) is 8.39. The first kappa shape index (κ1) is 23.2. The van der Waals surface area contributed by atoms with Crippen LogP contribution in [0, 0.1) is 5.41 Å². The van der Waals surface area contributed by atoms with Gasteiger partial charge < -0.3 is 10.6 Å². The molecule has 0 aliphatic heterocycles. The number of nitrogens with zero attached hydrogens (tertiary/aromatic N) is 1. The van der Waals surface area contributed by atoms with Gasteiger partial charge in [0.1, 0.15) is 0 Å². The number of hydrogen-bond donors (Lipinski definition) is 3. The highest BCUT2D eigenvalue weighted by Gasteiger charge is 2.31. The molecule has 0 unspecified atom stereocenters. The summed E-state index contributed by atoms with van der Waals surface area (Å²) in [5.74, 6) is 0.721. The number of guanidine groups is 1. The molecule has 1 aliphatic carbocycles. The third-order valence-electron chi connectivity index (χ3n) is 5.03. The van der Waals surface area contributed by atoms with E-state index in [1.54, 1.807) is 37.4 Å². The Morgan fingerprint density at radius 2 is 1.77 bits per heavy atom. The van der Waals surface area contributed by atoms with E-state index in [0.29, 0.717) is 18.5 Å². The lowest BCUT2D eigenvalue weighted by Crippen LogP contribution is -2.45. The second-order valence-electron chi connectivity index (χ2n) is 6.62. The van der Waals surface area contributed by atoms with Gasteiger partial charge in [0, 0.05) is 26.7 Å². The monoisotopic (exact) mass is 494 g/mol. The summed E-state index contributed by atoms with van der Waals surface area (Å²) < 4.78 is 26.9. The minimum atomic E-state index is -3.45. The fourth-order valence-electron chi connectivity index (χ4n) is 3.32. The Labute approximate surface area is 174 Å². The molecule has 26 heavy (non-hydrogen) atoms. The lowest BCUT2D eigenvalue weighted by Gasteiger charge is -2.28. The zero-order valence-corrected chi connectivity index (χ0v) is 18.8. The Hall–Kier alpha value is -0.870. The molecule has 1 fully saturated rings. The molecule has 0 radical (unpaired) electrons. The van der Waals surface area contributed by atoms with Crippen molar-refractivity contribution in [3.05, 3.63) is 30.3 Å². The van der Waals surface area contributed by atoms with Gasteiger partial charge >= 0.3 is 0 Å². The molecule has 0 aromatic heterocycles. The van der Waals surface area contributed by atoms with Crippen molar-refractivity contribution in [2.45, 2.75) is 43.9 Å². The van der Waals surface area contributed by atoms with Crippen molar-refractivity contribution in [1.29, 1.82) is 0 Å². The Balaban J connectivity index is 0.00000338. The molecule has 2 rings (SSSR count). The summed E-state index contributed by atoms with van der Waals surface area (Å²) in [6, 6.07) is 8.39.